The molecule has 1 fully saturated rings. The van der Waals surface area contributed by atoms with Crippen molar-refractivity contribution in [2.45, 2.75) is 38.6 Å². The van der Waals surface area contributed by atoms with E-state index in [1.54, 1.807) is 0 Å². The van der Waals surface area contributed by atoms with E-state index in [1.807, 2.05) is 6.92 Å². The van der Waals surface area contributed by atoms with Gasteiger partial charge in [-0.25, -0.2) is 4.79 Å². The van der Waals surface area contributed by atoms with Gasteiger partial charge < -0.3 is 10.0 Å². The predicted molar refractivity (Wildman–Crippen MR) is 47.3 cm³/mol. The highest BCUT2D eigenvalue weighted by Crippen LogP contribution is 2.16. The van der Waals surface area contributed by atoms with Crippen LogP contribution < -0.4 is 0 Å². The van der Waals surface area contributed by atoms with E-state index >= 15 is 0 Å². The Bertz CT molecular complexity index is 215. The summed E-state index contributed by atoms with van der Waals surface area (Å²) in [6.45, 7) is 2.53. The van der Waals surface area contributed by atoms with Gasteiger partial charge in [0, 0.05) is 13.0 Å². The maximum atomic E-state index is 11.3. The lowest BCUT2D eigenvalue weighted by Crippen LogP contribution is -2.41. The van der Waals surface area contributed by atoms with Gasteiger partial charge in [-0.3, -0.25) is 4.79 Å². The summed E-state index contributed by atoms with van der Waals surface area (Å²) in [7, 11) is 0. The van der Waals surface area contributed by atoms with E-state index in [-0.39, 0.29) is 5.91 Å². The molecule has 0 saturated carbocycles. The lowest BCUT2D eigenvalue weighted by Gasteiger charge is -2.23. The Morgan fingerprint density at radius 2 is 2.38 bits per heavy atom. The molecule has 1 rings (SSSR count). The van der Waals surface area contributed by atoms with Gasteiger partial charge in [0.15, 0.2) is 0 Å². The first-order valence-electron chi connectivity index (χ1n) is 4.69. The van der Waals surface area contributed by atoms with E-state index in [4.69, 9.17) is 5.11 Å². The Labute approximate surface area is 77.5 Å². The zero-order valence-electron chi connectivity index (χ0n) is 7.82. The van der Waals surface area contributed by atoms with Crippen LogP contribution in [-0.2, 0) is 9.59 Å². The van der Waals surface area contributed by atoms with Crippen molar-refractivity contribution < 1.29 is 14.7 Å². The van der Waals surface area contributed by atoms with E-state index < -0.39 is 12.0 Å². The second-order valence-electron chi connectivity index (χ2n) is 3.33. The minimum atomic E-state index is -0.878. The third kappa shape index (κ3) is 2.20. The van der Waals surface area contributed by atoms with E-state index in [0.717, 1.165) is 12.8 Å². The van der Waals surface area contributed by atoms with E-state index in [9.17, 15) is 9.59 Å². The number of carboxylic acid groups (broad SMARTS) is 1. The molecule has 0 unspecified atom stereocenters. The molecular formula is C9H15NO3. The first kappa shape index (κ1) is 10.0. The van der Waals surface area contributed by atoms with Crippen molar-refractivity contribution in [3.05, 3.63) is 0 Å². The summed E-state index contributed by atoms with van der Waals surface area (Å²) < 4.78 is 0. The van der Waals surface area contributed by atoms with Gasteiger partial charge in [0.25, 0.3) is 0 Å². The van der Waals surface area contributed by atoms with Crippen LogP contribution in [0, 0.1) is 0 Å². The summed E-state index contributed by atoms with van der Waals surface area (Å²) in [4.78, 5) is 23.6. The minimum absolute atomic E-state index is 0.0131. The van der Waals surface area contributed by atoms with Crippen molar-refractivity contribution in [3.8, 4) is 0 Å². The standard InChI is InChI=1S/C9H15NO3/c1-2-4-7(9(12)13)10-6-3-5-8(10)11/h7H,2-6H2,1H3,(H,12,13)/t7-/m0/s1. The molecule has 13 heavy (non-hydrogen) atoms. The summed E-state index contributed by atoms with van der Waals surface area (Å²) in [6, 6.07) is -0.597. The molecular weight excluding hydrogens is 170 g/mol. The number of carboxylic acids is 1. The van der Waals surface area contributed by atoms with E-state index in [2.05, 4.69) is 0 Å². The minimum Gasteiger partial charge on any atom is -0.480 e. The third-order valence-electron chi connectivity index (χ3n) is 2.33. The van der Waals surface area contributed by atoms with Crippen LogP contribution in [0.5, 0.6) is 0 Å². The molecule has 1 amide bonds. The van der Waals surface area contributed by atoms with Crippen LogP contribution in [0.3, 0.4) is 0 Å². The van der Waals surface area contributed by atoms with Gasteiger partial charge in [0.05, 0.1) is 0 Å². The number of hydrogen-bond acceptors (Lipinski definition) is 2. The van der Waals surface area contributed by atoms with Gasteiger partial charge in [0.2, 0.25) is 5.91 Å². The average Bonchev–Trinajstić information content (AvgIpc) is 2.47. The van der Waals surface area contributed by atoms with Gasteiger partial charge in [-0.2, -0.15) is 0 Å². The van der Waals surface area contributed by atoms with Crippen LogP contribution in [0.15, 0.2) is 0 Å². The van der Waals surface area contributed by atoms with E-state index in [0.29, 0.717) is 19.4 Å². The van der Waals surface area contributed by atoms with Gasteiger partial charge in [0.1, 0.15) is 6.04 Å². The number of carbonyl (C=O) groups is 2. The second-order valence-corrected chi connectivity index (χ2v) is 3.33. The van der Waals surface area contributed by atoms with Crippen LogP contribution in [0.4, 0.5) is 0 Å². The molecule has 0 bridgehead atoms. The maximum absolute atomic E-state index is 11.3. The number of carbonyl (C=O) groups excluding carboxylic acids is 1. The quantitative estimate of drug-likeness (QED) is 0.706. The molecule has 0 spiro atoms. The van der Waals surface area contributed by atoms with Gasteiger partial charge in [-0.05, 0) is 12.8 Å². The van der Waals surface area contributed by atoms with Crippen LogP contribution >= 0.6 is 0 Å². The van der Waals surface area contributed by atoms with Gasteiger partial charge in [-0.15, -0.1) is 0 Å². The molecule has 4 nitrogen and oxygen atoms in total. The summed E-state index contributed by atoms with van der Waals surface area (Å²) in [5.74, 6) is -0.891. The number of rotatable bonds is 4. The Morgan fingerprint density at radius 3 is 2.77 bits per heavy atom. The molecule has 0 aromatic heterocycles. The van der Waals surface area contributed by atoms with Crippen LogP contribution in [0.1, 0.15) is 32.6 Å². The average molecular weight is 185 g/mol. The number of hydrogen-bond donors (Lipinski definition) is 1. The number of nitrogens with zero attached hydrogens (tertiary/aromatic N) is 1. The first-order valence-corrected chi connectivity index (χ1v) is 4.69. The summed E-state index contributed by atoms with van der Waals surface area (Å²) >= 11 is 0. The smallest absolute Gasteiger partial charge is 0.326 e. The van der Waals surface area contributed by atoms with Crippen LogP contribution in [-0.4, -0.2) is 34.5 Å². The molecule has 1 saturated heterocycles. The lowest BCUT2D eigenvalue weighted by molar-refractivity contribution is -0.148. The van der Waals surface area contributed by atoms with Crippen molar-refractivity contribution in [2.24, 2.45) is 0 Å². The van der Waals surface area contributed by atoms with Crippen molar-refractivity contribution >= 4 is 11.9 Å². The molecule has 1 atom stereocenters. The summed E-state index contributed by atoms with van der Waals surface area (Å²) in [5.41, 5.74) is 0. The molecule has 1 heterocycles. The fourth-order valence-electron chi connectivity index (χ4n) is 1.68. The molecule has 0 aromatic carbocycles. The number of aliphatic carboxylic acids is 1. The Morgan fingerprint density at radius 1 is 1.69 bits per heavy atom. The SMILES string of the molecule is CCC[C@@H](C(=O)O)N1CCCC1=O. The fourth-order valence-corrected chi connectivity index (χ4v) is 1.68. The highest BCUT2D eigenvalue weighted by atomic mass is 16.4. The largest absolute Gasteiger partial charge is 0.480 e. The first-order chi connectivity index (χ1) is 6.16. The van der Waals surface area contributed by atoms with Crippen molar-refractivity contribution in [1.29, 1.82) is 0 Å². The Hall–Kier alpha value is -1.06. The van der Waals surface area contributed by atoms with Gasteiger partial charge in [-0.1, -0.05) is 13.3 Å². The van der Waals surface area contributed by atoms with Crippen molar-refractivity contribution in [2.75, 3.05) is 6.54 Å². The highest BCUT2D eigenvalue weighted by Gasteiger charge is 2.31. The fraction of sp³-hybridized carbons (Fsp3) is 0.778. The summed E-state index contributed by atoms with van der Waals surface area (Å²) in [6.07, 6.45) is 2.65. The molecule has 0 aromatic rings. The Kier molecular flexibility index (Phi) is 3.28. The molecule has 1 aliphatic heterocycles. The molecule has 4 heteroatoms. The van der Waals surface area contributed by atoms with Crippen LogP contribution in [0.2, 0.25) is 0 Å². The predicted octanol–water partition coefficient (Wildman–Crippen LogP) is 0.862. The van der Waals surface area contributed by atoms with Crippen molar-refractivity contribution in [1.82, 2.24) is 4.90 Å². The zero-order valence-corrected chi connectivity index (χ0v) is 7.82. The Balaban J connectivity index is 2.63. The monoisotopic (exact) mass is 185 g/mol. The third-order valence-corrected chi connectivity index (χ3v) is 2.33. The normalized spacial score (nSPS) is 19.2. The lowest BCUT2D eigenvalue weighted by atomic mass is 10.1. The highest BCUT2D eigenvalue weighted by molar-refractivity contribution is 5.84. The topological polar surface area (TPSA) is 57.6 Å². The molecule has 0 aliphatic carbocycles. The van der Waals surface area contributed by atoms with Crippen molar-refractivity contribution in [3.63, 3.8) is 0 Å². The molecule has 74 valence electrons. The van der Waals surface area contributed by atoms with E-state index in [1.165, 1.54) is 4.90 Å². The van der Waals surface area contributed by atoms with Crippen LogP contribution in [0.25, 0.3) is 0 Å². The molecule has 1 aliphatic rings. The molecule has 1 N–H and O–H groups in total. The van der Waals surface area contributed by atoms with Gasteiger partial charge >= 0.3 is 5.97 Å². The second kappa shape index (κ2) is 4.25. The number of amides is 1. The summed E-state index contributed by atoms with van der Waals surface area (Å²) in [5, 5.41) is 8.89. The zero-order chi connectivity index (χ0) is 9.84. The maximum Gasteiger partial charge on any atom is 0.326 e. The number of likely N-dealkylation sites (tertiary alicyclic amines) is 1. The molecule has 0 radical (unpaired) electrons.